The van der Waals surface area contributed by atoms with Crippen molar-refractivity contribution < 1.29 is 29.2 Å². The average molecular weight is 443 g/mol. The summed E-state index contributed by atoms with van der Waals surface area (Å²) in [5.74, 6) is 1.61. The molecule has 0 heterocycles. The SMILES string of the molecule is CCc1ccc2c(OC(C)COCCO)c3ccccc3c(OC(C)COCCO)c2c1. The lowest BCUT2D eigenvalue weighted by Crippen LogP contribution is -2.21. The summed E-state index contributed by atoms with van der Waals surface area (Å²) >= 11 is 0. The van der Waals surface area contributed by atoms with Gasteiger partial charge in [0, 0.05) is 21.5 Å². The number of aryl methyl sites for hydroxylation is 1. The number of benzene rings is 3. The van der Waals surface area contributed by atoms with Gasteiger partial charge in [-0.15, -0.1) is 0 Å². The van der Waals surface area contributed by atoms with E-state index in [2.05, 4.69) is 25.1 Å². The predicted molar refractivity (Wildman–Crippen MR) is 127 cm³/mol. The molecule has 32 heavy (non-hydrogen) atoms. The Bertz CT molecular complexity index is 1000. The molecule has 0 amide bonds. The van der Waals surface area contributed by atoms with E-state index in [9.17, 15) is 0 Å². The van der Waals surface area contributed by atoms with Crippen LogP contribution in [0.5, 0.6) is 11.5 Å². The Labute approximate surface area is 189 Å². The fraction of sp³-hybridized carbons (Fsp3) is 0.462. The number of aliphatic hydroxyl groups is 2. The Morgan fingerprint density at radius 3 is 1.72 bits per heavy atom. The zero-order valence-corrected chi connectivity index (χ0v) is 19.2. The van der Waals surface area contributed by atoms with E-state index in [-0.39, 0.29) is 38.6 Å². The summed E-state index contributed by atoms with van der Waals surface area (Å²) in [4.78, 5) is 0. The molecule has 2 atom stereocenters. The van der Waals surface area contributed by atoms with Gasteiger partial charge in [0.1, 0.15) is 23.7 Å². The van der Waals surface area contributed by atoms with Crippen LogP contribution in [0.25, 0.3) is 21.5 Å². The summed E-state index contributed by atoms with van der Waals surface area (Å²) in [7, 11) is 0. The lowest BCUT2D eigenvalue weighted by Gasteiger charge is -2.23. The smallest absolute Gasteiger partial charge is 0.135 e. The Balaban J connectivity index is 2.07. The van der Waals surface area contributed by atoms with Gasteiger partial charge in [-0.05, 0) is 31.9 Å². The van der Waals surface area contributed by atoms with Crippen LogP contribution in [0.1, 0.15) is 26.3 Å². The highest BCUT2D eigenvalue weighted by molar-refractivity contribution is 6.11. The Morgan fingerprint density at radius 1 is 0.719 bits per heavy atom. The topological polar surface area (TPSA) is 77.4 Å². The van der Waals surface area contributed by atoms with Crippen LogP contribution in [0.15, 0.2) is 42.5 Å². The van der Waals surface area contributed by atoms with E-state index in [0.29, 0.717) is 13.2 Å². The molecule has 174 valence electrons. The highest BCUT2D eigenvalue weighted by Gasteiger charge is 2.19. The third kappa shape index (κ3) is 5.90. The van der Waals surface area contributed by atoms with Gasteiger partial charge in [-0.3, -0.25) is 0 Å². The molecule has 3 rings (SSSR count). The van der Waals surface area contributed by atoms with Crippen LogP contribution in [-0.2, 0) is 15.9 Å². The third-order valence-corrected chi connectivity index (χ3v) is 5.21. The number of ether oxygens (including phenoxy) is 4. The van der Waals surface area contributed by atoms with E-state index >= 15 is 0 Å². The maximum atomic E-state index is 8.98. The number of aliphatic hydroxyl groups excluding tert-OH is 2. The molecule has 0 radical (unpaired) electrons. The molecule has 0 bridgehead atoms. The Kier molecular flexibility index (Phi) is 9.11. The fourth-order valence-electron chi connectivity index (χ4n) is 3.72. The second-order valence-electron chi connectivity index (χ2n) is 7.89. The van der Waals surface area contributed by atoms with Crippen molar-refractivity contribution in [1.82, 2.24) is 0 Å². The molecule has 0 saturated heterocycles. The second kappa shape index (κ2) is 12.0. The predicted octanol–water partition coefficient (Wildman–Crippen LogP) is 4.11. The maximum absolute atomic E-state index is 8.98. The zero-order valence-electron chi connectivity index (χ0n) is 19.2. The summed E-state index contributed by atoms with van der Waals surface area (Å²) in [6.45, 7) is 7.40. The minimum absolute atomic E-state index is 0.00925. The number of hydrogen-bond acceptors (Lipinski definition) is 6. The molecule has 0 aliphatic heterocycles. The molecule has 2 unspecified atom stereocenters. The quantitative estimate of drug-likeness (QED) is 0.306. The van der Waals surface area contributed by atoms with Crippen LogP contribution >= 0.6 is 0 Å². The van der Waals surface area contributed by atoms with Crippen LogP contribution in [0.2, 0.25) is 0 Å². The van der Waals surface area contributed by atoms with Gasteiger partial charge in [0.2, 0.25) is 0 Å². The first-order chi connectivity index (χ1) is 15.6. The monoisotopic (exact) mass is 442 g/mol. The van der Waals surface area contributed by atoms with Crippen LogP contribution < -0.4 is 9.47 Å². The van der Waals surface area contributed by atoms with Gasteiger partial charge in [-0.2, -0.15) is 0 Å². The Hall–Kier alpha value is -2.38. The summed E-state index contributed by atoms with van der Waals surface area (Å²) in [5.41, 5.74) is 1.21. The van der Waals surface area contributed by atoms with Crippen molar-refractivity contribution in [2.24, 2.45) is 0 Å². The van der Waals surface area contributed by atoms with Crippen molar-refractivity contribution in [2.45, 2.75) is 39.4 Å². The summed E-state index contributed by atoms with van der Waals surface area (Å²) < 4.78 is 23.7. The minimum atomic E-state index is -0.184. The maximum Gasteiger partial charge on any atom is 0.135 e. The molecular formula is C26H34O6. The highest BCUT2D eigenvalue weighted by atomic mass is 16.5. The number of fused-ring (bicyclic) bond motifs is 2. The molecule has 0 fully saturated rings. The van der Waals surface area contributed by atoms with Crippen LogP contribution in [0, 0.1) is 0 Å². The van der Waals surface area contributed by atoms with Gasteiger partial charge < -0.3 is 29.2 Å². The first-order valence-corrected chi connectivity index (χ1v) is 11.3. The number of rotatable bonds is 13. The molecule has 3 aromatic rings. The molecule has 0 saturated carbocycles. The van der Waals surface area contributed by atoms with Crippen LogP contribution in [0.4, 0.5) is 0 Å². The summed E-state index contributed by atoms with van der Waals surface area (Å²) in [6, 6.07) is 14.5. The Morgan fingerprint density at radius 2 is 1.22 bits per heavy atom. The highest BCUT2D eigenvalue weighted by Crippen LogP contribution is 2.43. The van der Waals surface area contributed by atoms with Crippen LogP contribution in [0.3, 0.4) is 0 Å². The minimum Gasteiger partial charge on any atom is -0.487 e. The van der Waals surface area contributed by atoms with E-state index in [1.807, 2.05) is 38.1 Å². The van der Waals surface area contributed by atoms with Crippen LogP contribution in [-0.4, -0.2) is 62.1 Å². The third-order valence-electron chi connectivity index (χ3n) is 5.21. The molecule has 0 aromatic heterocycles. The second-order valence-corrected chi connectivity index (χ2v) is 7.89. The summed E-state index contributed by atoms with van der Waals surface area (Å²) in [5, 5.41) is 21.9. The van der Waals surface area contributed by atoms with Gasteiger partial charge in [0.15, 0.2) is 0 Å². The van der Waals surface area contributed by atoms with E-state index in [4.69, 9.17) is 29.2 Å². The molecule has 6 heteroatoms. The summed E-state index contributed by atoms with van der Waals surface area (Å²) in [6.07, 6.45) is 0.548. The molecule has 2 N–H and O–H groups in total. The first-order valence-electron chi connectivity index (χ1n) is 11.3. The zero-order chi connectivity index (χ0) is 22.9. The van der Waals surface area contributed by atoms with Crippen molar-refractivity contribution in [2.75, 3.05) is 39.6 Å². The molecule has 0 spiro atoms. The fourth-order valence-corrected chi connectivity index (χ4v) is 3.72. The van der Waals surface area contributed by atoms with Gasteiger partial charge in [0.05, 0.1) is 39.6 Å². The van der Waals surface area contributed by atoms with Gasteiger partial charge in [-0.25, -0.2) is 0 Å². The average Bonchev–Trinajstić information content (AvgIpc) is 2.81. The largest absolute Gasteiger partial charge is 0.487 e. The van der Waals surface area contributed by atoms with Crippen molar-refractivity contribution in [3.05, 3.63) is 48.0 Å². The lowest BCUT2D eigenvalue weighted by atomic mass is 9.98. The van der Waals surface area contributed by atoms with E-state index in [0.717, 1.165) is 39.5 Å². The normalized spacial score (nSPS) is 13.4. The number of hydrogen-bond donors (Lipinski definition) is 2. The van der Waals surface area contributed by atoms with Gasteiger partial charge in [0.25, 0.3) is 0 Å². The van der Waals surface area contributed by atoms with E-state index < -0.39 is 0 Å². The molecule has 0 aliphatic carbocycles. The van der Waals surface area contributed by atoms with Crippen molar-refractivity contribution in [3.8, 4) is 11.5 Å². The lowest BCUT2D eigenvalue weighted by molar-refractivity contribution is 0.0393. The molecule has 6 nitrogen and oxygen atoms in total. The van der Waals surface area contributed by atoms with Gasteiger partial charge in [-0.1, -0.05) is 43.3 Å². The molecule has 3 aromatic carbocycles. The van der Waals surface area contributed by atoms with E-state index in [1.165, 1.54) is 5.56 Å². The molecule has 0 aliphatic rings. The van der Waals surface area contributed by atoms with Gasteiger partial charge >= 0.3 is 0 Å². The van der Waals surface area contributed by atoms with Crippen molar-refractivity contribution >= 4 is 21.5 Å². The molecular weight excluding hydrogens is 408 g/mol. The van der Waals surface area contributed by atoms with Crippen molar-refractivity contribution in [1.29, 1.82) is 0 Å². The van der Waals surface area contributed by atoms with Crippen molar-refractivity contribution in [3.63, 3.8) is 0 Å². The standard InChI is InChI=1S/C26H34O6/c1-4-20-9-10-23-24(15-20)26(32-19(3)17-30-14-12-28)22-8-6-5-7-21(22)25(23)31-18(2)16-29-13-11-27/h5-10,15,18-19,27-28H,4,11-14,16-17H2,1-3H3. The first kappa shape index (κ1) is 24.3. The van der Waals surface area contributed by atoms with E-state index in [1.54, 1.807) is 0 Å².